The van der Waals surface area contributed by atoms with Gasteiger partial charge in [0, 0.05) is 23.1 Å². The highest BCUT2D eigenvalue weighted by Gasteiger charge is 2.19. The molecule has 29 heavy (non-hydrogen) atoms. The molecule has 2 aromatic heterocycles. The Balaban J connectivity index is 1.61. The molecule has 3 aromatic rings. The van der Waals surface area contributed by atoms with E-state index < -0.39 is 0 Å². The lowest BCUT2D eigenvalue weighted by Crippen LogP contribution is -2.34. The van der Waals surface area contributed by atoms with Crippen molar-refractivity contribution in [3.05, 3.63) is 58.4 Å². The summed E-state index contributed by atoms with van der Waals surface area (Å²) in [4.78, 5) is 15.8. The number of amides is 1. The van der Waals surface area contributed by atoms with Crippen molar-refractivity contribution in [3.63, 3.8) is 0 Å². The van der Waals surface area contributed by atoms with Crippen molar-refractivity contribution in [2.24, 2.45) is 5.92 Å². The summed E-state index contributed by atoms with van der Waals surface area (Å²) in [5.41, 5.74) is 1.11. The summed E-state index contributed by atoms with van der Waals surface area (Å²) in [5.74, 6) is 1.58. The molecule has 1 amide bonds. The van der Waals surface area contributed by atoms with Gasteiger partial charge in [0.15, 0.2) is 11.5 Å². The molecule has 1 N–H and O–H groups in total. The second-order valence-electron chi connectivity index (χ2n) is 7.51. The van der Waals surface area contributed by atoms with Crippen molar-refractivity contribution in [2.45, 2.75) is 19.9 Å². The zero-order valence-electron chi connectivity index (χ0n) is 17.2. The molecule has 0 aliphatic heterocycles. The zero-order valence-corrected chi connectivity index (χ0v) is 18.0. The molecular weight excluding hydrogens is 386 g/mol. The lowest BCUT2D eigenvalue weighted by Gasteiger charge is -2.23. The highest BCUT2D eigenvalue weighted by molar-refractivity contribution is 7.10. The third-order valence-corrected chi connectivity index (χ3v) is 5.39. The van der Waals surface area contributed by atoms with Crippen molar-refractivity contribution in [3.8, 4) is 17.1 Å². The number of thiophene rings is 1. The maximum atomic E-state index is 12.5. The van der Waals surface area contributed by atoms with Crippen LogP contribution >= 0.6 is 11.3 Å². The van der Waals surface area contributed by atoms with Crippen molar-refractivity contribution >= 4 is 17.2 Å². The van der Waals surface area contributed by atoms with E-state index in [2.05, 4.69) is 35.3 Å². The topological polar surface area (TPSA) is 67.6 Å². The van der Waals surface area contributed by atoms with E-state index in [0.29, 0.717) is 24.8 Å². The number of carbonyl (C=O) groups is 1. The van der Waals surface area contributed by atoms with Crippen molar-refractivity contribution in [1.29, 1.82) is 0 Å². The number of hydrogen-bond donors (Lipinski definition) is 1. The largest absolute Gasteiger partial charge is 0.493 e. The summed E-state index contributed by atoms with van der Waals surface area (Å²) < 4.78 is 11.1. The fraction of sp³-hybridized carbons (Fsp3) is 0.364. The first-order valence-corrected chi connectivity index (χ1v) is 10.5. The molecule has 0 aliphatic rings. The molecule has 0 saturated carbocycles. The Morgan fingerprint density at radius 2 is 2.00 bits per heavy atom. The molecule has 154 valence electrons. The van der Waals surface area contributed by atoms with E-state index in [1.165, 1.54) is 4.88 Å². The minimum absolute atomic E-state index is 0.115. The third kappa shape index (κ3) is 5.68. The number of nitrogens with one attached hydrogen (secondary N) is 1. The first-order valence-electron chi connectivity index (χ1n) is 9.62. The second kappa shape index (κ2) is 9.71. The number of nitrogens with zero attached hydrogens (tertiary/aromatic N) is 2. The van der Waals surface area contributed by atoms with Gasteiger partial charge in [0.2, 0.25) is 0 Å². The molecule has 6 nitrogen and oxygen atoms in total. The lowest BCUT2D eigenvalue weighted by molar-refractivity contribution is 0.0933. The molecule has 7 heteroatoms. The standard InChI is InChI=1S/C22H27N3O3S/c1-15(2)14-27-17-9-7-16(8-10-17)20-12-18(24-28-20)22(26)23-13-19(25(3)4)21-6-5-11-29-21/h5-12,15,19H,13-14H2,1-4H3,(H,23,26)/t19-/m0/s1. The molecule has 0 spiro atoms. The maximum absolute atomic E-state index is 12.5. The average Bonchev–Trinajstić information content (AvgIpc) is 3.39. The first-order chi connectivity index (χ1) is 13.9. The Morgan fingerprint density at radius 1 is 1.24 bits per heavy atom. The van der Waals surface area contributed by atoms with Crippen molar-refractivity contribution < 1.29 is 14.1 Å². The summed E-state index contributed by atoms with van der Waals surface area (Å²) >= 11 is 1.68. The van der Waals surface area contributed by atoms with Crippen molar-refractivity contribution in [1.82, 2.24) is 15.4 Å². The minimum Gasteiger partial charge on any atom is -0.493 e. The SMILES string of the molecule is CC(C)COc1ccc(-c2cc(C(=O)NC[C@@H](c3cccs3)N(C)C)no2)cc1. The molecule has 0 bridgehead atoms. The summed E-state index contributed by atoms with van der Waals surface area (Å²) in [6.07, 6.45) is 0. The van der Waals surface area contributed by atoms with Gasteiger partial charge < -0.3 is 19.5 Å². The van der Waals surface area contributed by atoms with Crippen LogP contribution in [-0.4, -0.2) is 43.2 Å². The van der Waals surface area contributed by atoms with Gasteiger partial charge in [-0.3, -0.25) is 4.79 Å². The molecule has 0 radical (unpaired) electrons. The Bertz CT molecular complexity index is 902. The van der Waals surface area contributed by atoms with Gasteiger partial charge in [-0.2, -0.15) is 0 Å². The van der Waals surface area contributed by atoms with E-state index >= 15 is 0 Å². The highest BCUT2D eigenvalue weighted by atomic mass is 32.1. The predicted octanol–water partition coefficient (Wildman–Crippen LogP) is 4.47. The fourth-order valence-corrected chi connectivity index (χ4v) is 3.72. The van der Waals surface area contributed by atoms with Crippen molar-refractivity contribution in [2.75, 3.05) is 27.2 Å². The van der Waals surface area contributed by atoms with Crippen LogP contribution in [0.1, 0.15) is 35.3 Å². The van der Waals surface area contributed by atoms with E-state index in [-0.39, 0.29) is 17.6 Å². The van der Waals surface area contributed by atoms with Gasteiger partial charge in [0.1, 0.15) is 5.75 Å². The molecule has 2 heterocycles. The van der Waals surface area contributed by atoms with Crippen LogP contribution < -0.4 is 10.1 Å². The van der Waals surface area contributed by atoms with Gasteiger partial charge in [-0.05, 0) is 55.7 Å². The number of hydrogen-bond acceptors (Lipinski definition) is 6. The number of rotatable bonds is 9. The van der Waals surface area contributed by atoms with Gasteiger partial charge in [0.05, 0.1) is 12.6 Å². The molecule has 0 aliphatic carbocycles. The van der Waals surface area contributed by atoms with E-state index in [1.54, 1.807) is 17.4 Å². The zero-order chi connectivity index (χ0) is 20.8. The van der Waals surface area contributed by atoms with E-state index in [9.17, 15) is 4.79 Å². The number of carbonyl (C=O) groups excluding carboxylic acids is 1. The fourth-order valence-electron chi connectivity index (χ4n) is 2.80. The Hall–Kier alpha value is -2.64. The van der Waals surface area contributed by atoms with Crippen LogP contribution in [-0.2, 0) is 0 Å². The minimum atomic E-state index is -0.250. The van der Waals surface area contributed by atoms with Crippen LogP contribution in [0, 0.1) is 5.92 Å². The van der Waals surface area contributed by atoms with Crippen LogP contribution in [0.2, 0.25) is 0 Å². The third-order valence-electron chi connectivity index (χ3n) is 4.42. The predicted molar refractivity (Wildman–Crippen MR) is 115 cm³/mol. The van der Waals surface area contributed by atoms with Crippen LogP contribution in [0.25, 0.3) is 11.3 Å². The smallest absolute Gasteiger partial charge is 0.273 e. The number of likely N-dealkylation sites (N-methyl/N-ethyl adjacent to an activating group) is 1. The normalized spacial score (nSPS) is 12.3. The average molecular weight is 414 g/mol. The Morgan fingerprint density at radius 3 is 2.62 bits per heavy atom. The summed E-state index contributed by atoms with van der Waals surface area (Å²) in [6.45, 7) is 5.38. The van der Waals surface area contributed by atoms with Crippen LogP contribution in [0.4, 0.5) is 0 Å². The number of ether oxygens (including phenoxy) is 1. The molecule has 0 unspecified atom stereocenters. The van der Waals surface area contributed by atoms with E-state index in [1.807, 2.05) is 49.8 Å². The quantitative estimate of drug-likeness (QED) is 0.561. The van der Waals surface area contributed by atoms with E-state index in [4.69, 9.17) is 9.26 Å². The molecule has 3 rings (SSSR count). The second-order valence-corrected chi connectivity index (χ2v) is 8.49. The maximum Gasteiger partial charge on any atom is 0.273 e. The molecular formula is C22H27N3O3S. The molecule has 1 atom stereocenters. The first kappa shape index (κ1) is 21.1. The summed E-state index contributed by atoms with van der Waals surface area (Å²) in [5, 5.41) is 8.92. The summed E-state index contributed by atoms with van der Waals surface area (Å²) in [7, 11) is 4.00. The number of benzene rings is 1. The van der Waals surface area contributed by atoms with E-state index in [0.717, 1.165) is 11.3 Å². The lowest BCUT2D eigenvalue weighted by atomic mass is 10.1. The van der Waals surface area contributed by atoms with Gasteiger partial charge >= 0.3 is 0 Å². The van der Waals surface area contributed by atoms with Crippen LogP contribution in [0.5, 0.6) is 5.75 Å². The van der Waals surface area contributed by atoms with Gasteiger partial charge in [-0.1, -0.05) is 25.1 Å². The molecule has 0 fully saturated rings. The Kier molecular flexibility index (Phi) is 7.06. The molecule has 0 saturated heterocycles. The van der Waals surface area contributed by atoms with Gasteiger partial charge in [-0.25, -0.2) is 0 Å². The van der Waals surface area contributed by atoms with Crippen LogP contribution in [0.15, 0.2) is 52.4 Å². The summed E-state index contributed by atoms with van der Waals surface area (Å²) in [6, 6.07) is 13.4. The number of aromatic nitrogens is 1. The highest BCUT2D eigenvalue weighted by Crippen LogP contribution is 2.24. The van der Waals surface area contributed by atoms with Gasteiger partial charge in [0.25, 0.3) is 5.91 Å². The van der Waals surface area contributed by atoms with Crippen LogP contribution in [0.3, 0.4) is 0 Å². The molecule has 1 aromatic carbocycles. The monoisotopic (exact) mass is 413 g/mol. The Labute approximate surface area is 175 Å². The van der Waals surface area contributed by atoms with Gasteiger partial charge in [-0.15, -0.1) is 11.3 Å².